The summed E-state index contributed by atoms with van der Waals surface area (Å²) < 4.78 is 0. The third kappa shape index (κ3) is 4.91. The summed E-state index contributed by atoms with van der Waals surface area (Å²) in [6.07, 6.45) is 1.88. The van der Waals surface area contributed by atoms with Crippen molar-refractivity contribution >= 4 is 17.4 Å². The van der Waals surface area contributed by atoms with Crippen LogP contribution in [0.2, 0.25) is 5.15 Å². The predicted molar refractivity (Wildman–Crippen MR) is 86.6 cm³/mol. The highest BCUT2D eigenvalue weighted by atomic mass is 35.5. The van der Waals surface area contributed by atoms with Crippen LogP contribution in [0.15, 0.2) is 0 Å². The van der Waals surface area contributed by atoms with Gasteiger partial charge in [-0.05, 0) is 33.4 Å². The Morgan fingerprint density at radius 3 is 2.40 bits per heavy atom. The minimum absolute atomic E-state index is 0.328. The molecule has 1 unspecified atom stereocenters. The van der Waals surface area contributed by atoms with Crippen LogP contribution < -0.4 is 5.32 Å². The second-order valence-corrected chi connectivity index (χ2v) is 5.54. The normalized spacial score (nSPS) is 12.8. The summed E-state index contributed by atoms with van der Waals surface area (Å²) in [7, 11) is 0. The van der Waals surface area contributed by atoms with Crippen LogP contribution in [0.5, 0.6) is 0 Å². The van der Waals surface area contributed by atoms with Crippen LogP contribution in [0.25, 0.3) is 0 Å². The molecule has 20 heavy (non-hydrogen) atoms. The van der Waals surface area contributed by atoms with Crippen LogP contribution in [0.4, 0.5) is 5.82 Å². The zero-order chi connectivity index (χ0) is 15.1. The third-order valence-electron chi connectivity index (χ3n) is 3.42. The molecule has 0 spiro atoms. The summed E-state index contributed by atoms with van der Waals surface area (Å²) in [5, 5.41) is 4.03. The topological polar surface area (TPSA) is 41.1 Å². The van der Waals surface area contributed by atoms with Crippen molar-refractivity contribution in [3.8, 4) is 0 Å². The van der Waals surface area contributed by atoms with E-state index in [1.54, 1.807) is 0 Å². The van der Waals surface area contributed by atoms with Gasteiger partial charge in [-0.15, -0.1) is 0 Å². The average Bonchev–Trinajstić information content (AvgIpc) is 2.42. The summed E-state index contributed by atoms with van der Waals surface area (Å²) in [6.45, 7) is 13.7. The summed E-state index contributed by atoms with van der Waals surface area (Å²) in [5.41, 5.74) is 0.929. The molecule has 0 amide bonds. The quantitative estimate of drug-likeness (QED) is 0.745. The van der Waals surface area contributed by atoms with E-state index in [0.717, 1.165) is 49.7 Å². The van der Waals surface area contributed by atoms with Crippen LogP contribution in [0.1, 0.15) is 45.5 Å². The van der Waals surface area contributed by atoms with Gasteiger partial charge in [0.2, 0.25) is 0 Å². The maximum atomic E-state index is 6.20. The Labute approximate surface area is 127 Å². The van der Waals surface area contributed by atoms with Crippen LogP contribution in [-0.4, -0.2) is 40.5 Å². The van der Waals surface area contributed by atoms with E-state index in [-0.39, 0.29) is 0 Å². The molecule has 0 aromatic carbocycles. The summed E-state index contributed by atoms with van der Waals surface area (Å²) in [4.78, 5) is 11.3. The van der Waals surface area contributed by atoms with Gasteiger partial charge in [0, 0.05) is 24.6 Å². The molecule has 114 valence electrons. The molecule has 0 aliphatic heterocycles. The van der Waals surface area contributed by atoms with Crippen molar-refractivity contribution in [1.29, 1.82) is 0 Å². The highest BCUT2D eigenvalue weighted by Gasteiger charge is 2.13. The Morgan fingerprint density at radius 1 is 1.20 bits per heavy atom. The molecule has 0 aliphatic rings. The number of rotatable bonds is 8. The van der Waals surface area contributed by atoms with Crippen LogP contribution in [-0.2, 0) is 6.42 Å². The van der Waals surface area contributed by atoms with E-state index < -0.39 is 0 Å². The molecule has 1 atom stereocenters. The Bertz CT molecular complexity index is 419. The van der Waals surface area contributed by atoms with Gasteiger partial charge in [0.15, 0.2) is 0 Å². The number of halogens is 1. The largest absolute Gasteiger partial charge is 0.366 e. The number of hydrogen-bond acceptors (Lipinski definition) is 4. The number of nitrogens with zero attached hydrogens (tertiary/aromatic N) is 3. The predicted octanol–water partition coefficient (Wildman–Crippen LogP) is 3.53. The van der Waals surface area contributed by atoms with Crippen molar-refractivity contribution in [2.75, 3.05) is 25.0 Å². The first kappa shape index (κ1) is 17.2. The second kappa shape index (κ2) is 8.42. The molecule has 1 aromatic heterocycles. The minimum atomic E-state index is 0.328. The number of nitrogens with one attached hydrogen (secondary N) is 1. The molecule has 0 aliphatic carbocycles. The van der Waals surface area contributed by atoms with Crippen LogP contribution >= 0.6 is 11.6 Å². The molecule has 1 heterocycles. The van der Waals surface area contributed by atoms with Gasteiger partial charge in [0.1, 0.15) is 16.8 Å². The maximum Gasteiger partial charge on any atom is 0.137 e. The molecule has 0 bridgehead atoms. The van der Waals surface area contributed by atoms with Gasteiger partial charge in [-0.3, -0.25) is 0 Å². The molecule has 0 saturated heterocycles. The molecule has 0 fully saturated rings. The molecular weight excluding hydrogens is 272 g/mol. The lowest BCUT2D eigenvalue weighted by molar-refractivity contribution is 0.294. The summed E-state index contributed by atoms with van der Waals surface area (Å²) in [6, 6.07) is 0.328. The first-order valence-electron chi connectivity index (χ1n) is 7.53. The van der Waals surface area contributed by atoms with E-state index in [0.29, 0.717) is 11.2 Å². The molecule has 0 saturated carbocycles. The zero-order valence-corrected chi connectivity index (χ0v) is 14.1. The monoisotopic (exact) mass is 298 g/mol. The molecule has 1 N–H and O–H groups in total. The van der Waals surface area contributed by atoms with Gasteiger partial charge in [-0.2, -0.15) is 0 Å². The molecule has 0 radical (unpaired) electrons. The van der Waals surface area contributed by atoms with Crippen molar-refractivity contribution in [2.45, 2.75) is 53.5 Å². The first-order valence-corrected chi connectivity index (χ1v) is 7.91. The lowest BCUT2D eigenvalue weighted by atomic mass is 10.2. The fourth-order valence-corrected chi connectivity index (χ4v) is 2.34. The number of hydrogen-bond donors (Lipinski definition) is 1. The number of likely N-dealkylation sites (N-methyl/N-ethyl adjacent to an activating group) is 1. The van der Waals surface area contributed by atoms with Gasteiger partial charge in [-0.25, -0.2) is 9.97 Å². The lowest BCUT2D eigenvalue weighted by Gasteiger charge is -2.24. The van der Waals surface area contributed by atoms with Crippen molar-refractivity contribution < 1.29 is 0 Å². The lowest BCUT2D eigenvalue weighted by Crippen LogP contribution is -2.35. The van der Waals surface area contributed by atoms with Crippen LogP contribution in [0.3, 0.4) is 0 Å². The van der Waals surface area contributed by atoms with Crippen LogP contribution in [0, 0.1) is 6.92 Å². The van der Waals surface area contributed by atoms with E-state index >= 15 is 0 Å². The van der Waals surface area contributed by atoms with Gasteiger partial charge in [-0.1, -0.05) is 32.4 Å². The zero-order valence-electron chi connectivity index (χ0n) is 13.3. The van der Waals surface area contributed by atoms with E-state index in [2.05, 4.69) is 47.9 Å². The highest BCUT2D eigenvalue weighted by Crippen LogP contribution is 2.21. The number of aryl methyl sites for hydroxylation is 1. The second-order valence-electron chi connectivity index (χ2n) is 5.19. The van der Waals surface area contributed by atoms with E-state index in [1.807, 2.05) is 6.92 Å². The van der Waals surface area contributed by atoms with Gasteiger partial charge >= 0.3 is 0 Å². The molecule has 5 heteroatoms. The van der Waals surface area contributed by atoms with Crippen molar-refractivity contribution in [2.24, 2.45) is 0 Å². The van der Waals surface area contributed by atoms with Gasteiger partial charge in [0.25, 0.3) is 0 Å². The molecule has 4 nitrogen and oxygen atoms in total. The average molecular weight is 299 g/mol. The first-order chi connectivity index (χ1) is 9.51. The fraction of sp³-hybridized carbons (Fsp3) is 0.733. The highest BCUT2D eigenvalue weighted by molar-refractivity contribution is 6.30. The molecule has 1 aromatic rings. The summed E-state index contributed by atoms with van der Waals surface area (Å²) in [5.74, 6) is 1.69. The Kier molecular flexibility index (Phi) is 7.24. The molecule has 1 rings (SSSR count). The maximum absolute atomic E-state index is 6.20. The Morgan fingerprint density at radius 2 is 1.85 bits per heavy atom. The van der Waals surface area contributed by atoms with Crippen molar-refractivity contribution in [3.63, 3.8) is 0 Å². The fourth-order valence-electron chi connectivity index (χ4n) is 2.16. The number of anilines is 1. The number of aromatic nitrogens is 2. The molecular formula is C15H27ClN4. The third-order valence-corrected chi connectivity index (χ3v) is 3.78. The van der Waals surface area contributed by atoms with E-state index in [4.69, 9.17) is 11.6 Å². The van der Waals surface area contributed by atoms with Gasteiger partial charge in [0.05, 0.1) is 0 Å². The SMILES string of the molecule is CCCc1nc(Cl)c(C)c(NC(C)CN(CC)CC)n1. The standard InChI is InChI=1S/C15H27ClN4/c1-6-9-13-18-14(16)12(5)15(19-13)17-11(4)10-20(7-2)8-3/h11H,6-10H2,1-5H3,(H,17,18,19). The van der Waals surface area contributed by atoms with Crippen molar-refractivity contribution in [1.82, 2.24) is 14.9 Å². The van der Waals surface area contributed by atoms with Gasteiger partial charge < -0.3 is 10.2 Å². The summed E-state index contributed by atoms with van der Waals surface area (Å²) >= 11 is 6.20. The minimum Gasteiger partial charge on any atom is -0.366 e. The van der Waals surface area contributed by atoms with E-state index in [1.165, 1.54) is 0 Å². The smallest absolute Gasteiger partial charge is 0.137 e. The Hall–Kier alpha value is -0.870. The van der Waals surface area contributed by atoms with Crippen molar-refractivity contribution in [3.05, 3.63) is 16.5 Å². The van der Waals surface area contributed by atoms with E-state index in [9.17, 15) is 0 Å². The Balaban J connectivity index is 2.80.